The van der Waals surface area contributed by atoms with Gasteiger partial charge in [-0.2, -0.15) is 0 Å². The Balaban J connectivity index is 1.17. The van der Waals surface area contributed by atoms with Gasteiger partial charge >= 0.3 is 5.97 Å². The van der Waals surface area contributed by atoms with Crippen LogP contribution in [0.5, 0.6) is 5.75 Å². The molecule has 44 heavy (non-hydrogen) atoms. The van der Waals surface area contributed by atoms with Gasteiger partial charge in [-0.1, -0.05) is 49.7 Å². The maximum atomic E-state index is 13.0. The normalized spacial score (nSPS) is 27.2. The second kappa shape index (κ2) is 13.4. The Kier molecular flexibility index (Phi) is 9.41. The standard InChI is InChI=1S/C37H46N2O4S/c1-24-22-38-36(44-24)39-33(40)17-13-27-20-28(10-6-7-11-34(41)42)37(2)19-18-31-30-16-14-29(43-23-25-8-4-3-5-9-25)21-26(30)12-15-32(31)35(27)37/h3-5,8-9,14,16,21-22,27-28,31-32,35H,6-7,10-13,15,17-20,23H2,1-2H3,(H,41,42)(H,38,39,40)/t27-,28+,31?,32?,35?,37+/m1/s1. The lowest BCUT2D eigenvalue weighted by Crippen LogP contribution is -2.44. The van der Waals surface area contributed by atoms with E-state index in [0.29, 0.717) is 47.7 Å². The Morgan fingerprint density at radius 1 is 1.09 bits per heavy atom. The topological polar surface area (TPSA) is 88.5 Å². The number of nitrogens with zero attached hydrogens (tertiary/aromatic N) is 1. The summed E-state index contributed by atoms with van der Waals surface area (Å²) in [5, 5.41) is 12.9. The van der Waals surface area contributed by atoms with E-state index in [-0.39, 0.29) is 17.7 Å². The highest BCUT2D eigenvalue weighted by atomic mass is 32.1. The second-order valence-corrected chi connectivity index (χ2v) is 14.9. The maximum absolute atomic E-state index is 13.0. The number of aromatic nitrogens is 1. The van der Waals surface area contributed by atoms with Crippen molar-refractivity contribution in [2.45, 2.75) is 97.0 Å². The minimum absolute atomic E-state index is 0.0651. The molecule has 3 aliphatic carbocycles. The lowest BCUT2D eigenvalue weighted by atomic mass is 9.52. The van der Waals surface area contributed by atoms with Crippen molar-refractivity contribution in [3.8, 4) is 5.75 Å². The zero-order valence-corrected chi connectivity index (χ0v) is 26.9. The molecule has 0 radical (unpaired) electrons. The van der Waals surface area contributed by atoms with Crippen LogP contribution in [0.4, 0.5) is 5.13 Å². The molecule has 3 unspecified atom stereocenters. The third kappa shape index (κ3) is 6.73. The minimum Gasteiger partial charge on any atom is -0.489 e. The number of hydrogen-bond acceptors (Lipinski definition) is 5. The van der Waals surface area contributed by atoms with Gasteiger partial charge in [-0.25, -0.2) is 4.98 Å². The number of benzene rings is 2. The van der Waals surface area contributed by atoms with Crippen molar-refractivity contribution in [3.05, 3.63) is 76.3 Å². The van der Waals surface area contributed by atoms with Crippen LogP contribution in [-0.2, 0) is 22.6 Å². The second-order valence-electron chi connectivity index (χ2n) is 13.7. The molecule has 0 bridgehead atoms. The monoisotopic (exact) mass is 614 g/mol. The molecule has 2 fully saturated rings. The van der Waals surface area contributed by atoms with Crippen LogP contribution in [0.15, 0.2) is 54.7 Å². The van der Waals surface area contributed by atoms with Gasteiger partial charge in [0.25, 0.3) is 0 Å². The van der Waals surface area contributed by atoms with E-state index in [0.717, 1.165) is 49.2 Å². The summed E-state index contributed by atoms with van der Waals surface area (Å²) < 4.78 is 6.19. The highest BCUT2D eigenvalue weighted by Crippen LogP contribution is 2.66. The number of rotatable bonds is 12. The number of carboxylic acids is 1. The number of fused-ring (bicyclic) bond motifs is 5. The summed E-state index contributed by atoms with van der Waals surface area (Å²) in [5.74, 6) is 3.18. The average Bonchev–Trinajstić information content (AvgIpc) is 3.56. The molecule has 6 rings (SSSR count). The summed E-state index contributed by atoms with van der Waals surface area (Å²) in [6.07, 6.45) is 12.1. The number of amides is 1. The molecule has 0 spiro atoms. The van der Waals surface area contributed by atoms with Crippen molar-refractivity contribution in [2.24, 2.45) is 29.1 Å². The fraction of sp³-hybridized carbons (Fsp3) is 0.541. The van der Waals surface area contributed by atoms with Crippen LogP contribution >= 0.6 is 11.3 Å². The number of hydrogen-bond donors (Lipinski definition) is 2. The van der Waals surface area contributed by atoms with Gasteiger partial charge < -0.3 is 15.2 Å². The smallest absolute Gasteiger partial charge is 0.303 e. The number of carbonyl (C=O) groups excluding carboxylic acids is 1. The molecule has 234 valence electrons. The molecule has 6 nitrogen and oxygen atoms in total. The van der Waals surface area contributed by atoms with Crippen molar-refractivity contribution in [1.82, 2.24) is 4.98 Å². The Morgan fingerprint density at radius 3 is 2.70 bits per heavy atom. The quantitative estimate of drug-likeness (QED) is 0.199. The van der Waals surface area contributed by atoms with E-state index in [1.165, 1.54) is 47.3 Å². The van der Waals surface area contributed by atoms with E-state index in [2.05, 4.69) is 47.6 Å². The summed E-state index contributed by atoms with van der Waals surface area (Å²) in [7, 11) is 0. The Labute approximate surface area is 265 Å². The van der Waals surface area contributed by atoms with Crippen molar-refractivity contribution < 1.29 is 19.4 Å². The molecule has 0 saturated heterocycles. The predicted octanol–water partition coefficient (Wildman–Crippen LogP) is 8.79. The zero-order valence-electron chi connectivity index (χ0n) is 26.1. The maximum Gasteiger partial charge on any atom is 0.303 e. The number of anilines is 1. The third-order valence-corrected chi connectivity index (χ3v) is 11.9. The van der Waals surface area contributed by atoms with Gasteiger partial charge in [0.2, 0.25) is 5.91 Å². The average molecular weight is 615 g/mol. The number of carboxylic acid groups (broad SMARTS) is 1. The van der Waals surface area contributed by atoms with Crippen LogP contribution < -0.4 is 10.1 Å². The molecule has 6 atom stereocenters. The van der Waals surface area contributed by atoms with E-state index in [4.69, 9.17) is 4.74 Å². The van der Waals surface area contributed by atoms with Gasteiger partial charge in [-0.15, -0.1) is 11.3 Å². The van der Waals surface area contributed by atoms with Crippen molar-refractivity contribution in [3.63, 3.8) is 0 Å². The molecule has 3 aromatic rings. The summed E-state index contributed by atoms with van der Waals surface area (Å²) >= 11 is 1.52. The Morgan fingerprint density at radius 2 is 1.93 bits per heavy atom. The van der Waals surface area contributed by atoms with Gasteiger partial charge in [0.15, 0.2) is 5.13 Å². The first kappa shape index (κ1) is 30.8. The first-order valence-electron chi connectivity index (χ1n) is 16.5. The first-order chi connectivity index (χ1) is 21.3. The van der Waals surface area contributed by atoms with Crippen LogP contribution in [-0.4, -0.2) is 22.0 Å². The third-order valence-electron chi connectivity index (χ3n) is 11.1. The largest absolute Gasteiger partial charge is 0.489 e. The lowest BCUT2D eigenvalue weighted by Gasteiger charge is -2.52. The SMILES string of the molecule is Cc1cnc(NC(=O)CC[C@@H]2C[C@H](CCCCC(=O)O)[C@]3(C)CCC4c5ccc(OCc6ccccc6)cc5CCC4C23)s1. The zero-order chi connectivity index (χ0) is 30.7. The molecule has 2 N–H and O–H groups in total. The molecule has 3 aliphatic rings. The number of aliphatic carboxylic acids is 1. The number of carbonyl (C=O) groups is 2. The van der Waals surface area contributed by atoms with Gasteiger partial charge in [0.05, 0.1) is 0 Å². The van der Waals surface area contributed by atoms with Gasteiger partial charge in [-0.3, -0.25) is 9.59 Å². The molecule has 2 aromatic carbocycles. The van der Waals surface area contributed by atoms with Crippen LogP contribution in [0.1, 0.15) is 98.6 Å². The van der Waals surface area contributed by atoms with Crippen molar-refractivity contribution >= 4 is 28.3 Å². The number of unbranched alkanes of at least 4 members (excludes halogenated alkanes) is 1. The fourth-order valence-electron chi connectivity index (χ4n) is 9.13. The first-order valence-corrected chi connectivity index (χ1v) is 17.4. The van der Waals surface area contributed by atoms with Gasteiger partial charge in [0.1, 0.15) is 12.4 Å². The summed E-state index contributed by atoms with van der Waals surface area (Å²) in [6.45, 7) is 5.12. The predicted molar refractivity (Wildman–Crippen MR) is 175 cm³/mol. The highest BCUT2D eigenvalue weighted by molar-refractivity contribution is 7.15. The molecule has 2 saturated carbocycles. The van der Waals surface area contributed by atoms with Crippen LogP contribution in [0.25, 0.3) is 0 Å². The van der Waals surface area contributed by atoms with E-state index in [1.54, 1.807) is 6.20 Å². The molecule has 1 aromatic heterocycles. The number of nitrogens with one attached hydrogen (secondary N) is 1. The van der Waals surface area contributed by atoms with E-state index in [9.17, 15) is 14.7 Å². The van der Waals surface area contributed by atoms with Gasteiger partial charge in [-0.05, 0) is 122 Å². The Bertz CT molecular complexity index is 1450. The van der Waals surface area contributed by atoms with Crippen molar-refractivity contribution in [1.29, 1.82) is 0 Å². The summed E-state index contributed by atoms with van der Waals surface area (Å²) in [5.41, 5.74) is 4.38. The fourth-order valence-corrected chi connectivity index (χ4v) is 9.82. The van der Waals surface area contributed by atoms with E-state index >= 15 is 0 Å². The van der Waals surface area contributed by atoms with Crippen LogP contribution in [0, 0.1) is 36.0 Å². The number of aryl methyl sites for hydroxylation is 2. The lowest BCUT2D eigenvalue weighted by molar-refractivity contribution is -0.137. The van der Waals surface area contributed by atoms with E-state index < -0.39 is 5.97 Å². The van der Waals surface area contributed by atoms with Crippen LogP contribution in [0.3, 0.4) is 0 Å². The van der Waals surface area contributed by atoms with Crippen molar-refractivity contribution in [2.75, 3.05) is 5.32 Å². The molecule has 7 heteroatoms. The minimum atomic E-state index is -0.699. The van der Waals surface area contributed by atoms with E-state index in [1.807, 2.05) is 25.1 Å². The molecule has 1 heterocycles. The Hall–Kier alpha value is -3.19. The molecule has 0 aliphatic heterocycles. The number of thiazole rings is 1. The highest BCUT2D eigenvalue weighted by Gasteiger charge is 2.58. The molecule has 1 amide bonds. The molecular formula is C37H46N2O4S. The summed E-state index contributed by atoms with van der Waals surface area (Å²) in [4.78, 5) is 29.6. The summed E-state index contributed by atoms with van der Waals surface area (Å²) in [6, 6.07) is 17.1. The molecular weight excluding hydrogens is 568 g/mol. The van der Waals surface area contributed by atoms with Gasteiger partial charge in [0, 0.05) is 23.9 Å². The van der Waals surface area contributed by atoms with Crippen LogP contribution in [0.2, 0.25) is 0 Å². The number of ether oxygens (including phenoxy) is 1.